The number of carbonyl (C=O) groups excluding carboxylic acids is 1. The monoisotopic (exact) mass is 366 g/mol. The minimum absolute atomic E-state index is 0.133. The highest BCUT2D eigenvalue weighted by Crippen LogP contribution is 2.33. The Morgan fingerprint density at radius 2 is 1.78 bits per heavy atom. The molecule has 1 aliphatic heterocycles. The van der Waals surface area contributed by atoms with Gasteiger partial charge in [0.15, 0.2) is 18.1 Å². The van der Waals surface area contributed by atoms with Crippen molar-refractivity contribution in [1.82, 2.24) is 10.1 Å². The number of para-hydroxylation sites is 2. The summed E-state index contributed by atoms with van der Waals surface area (Å²) in [5, 5.41) is 3.95. The molecule has 2 aromatic carbocycles. The zero-order valence-corrected chi connectivity index (χ0v) is 14.9. The van der Waals surface area contributed by atoms with Crippen molar-refractivity contribution in [2.45, 2.75) is 32.7 Å². The first-order valence-corrected chi connectivity index (χ1v) is 8.59. The maximum Gasteiger partial charge on any atom is 0.351 e. The van der Waals surface area contributed by atoms with Gasteiger partial charge >= 0.3 is 5.97 Å². The average Bonchev–Trinajstić information content (AvgIpc) is 3.14. The van der Waals surface area contributed by atoms with E-state index in [4.69, 9.17) is 18.7 Å². The van der Waals surface area contributed by atoms with Crippen LogP contribution in [0.15, 0.2) is 53.1 Å². The Hall–Kier alpha value is -3.35. The topological polar surface area (TPSA) is 83.7 Å². The molecule has 2 unspecified atom stereocenters. The third-order valence-electron chi connectivity index (χ3n) is 4.27. The second kappa shape index (κ2) is 7.11. The number of aryl methyl sites for hydroxylation is 1. The van der Waals surface area contributed by atoms with Crippen LogP contribution in [0, 0.1) is 6.92 Å². The van der Waals surface area contributed by atoms with Crippen molar-refractivity contribution < 1.29 is 23.5 Å². The van der Waals surface area contributed by atoms with Gasteiger partial charge in [-0.1, -0.05) is 41.6 Å². The molecule has 138 valence electrons. The molecule has 7 heteroatoms. The lowest BCUT2D eigenvalue weighted by Crippen LogP contribution is -2.44. The van der Waals surface area contributed by atoms with Gasteiger partial charge in [0, 0.05) is 5.56 Å². The van der Waals surface area contributed by atoms with Crippen molar-refractivity contribution in [1.29, 1.82) is 0 Å². The van der Waals surface area contributed by atoms with E-state index >= 15 is 0 Å². The van der Waals surface area contributed by atoms with Gasteiger partial charge in [0.2, 0.25) is 11.9 Å². The molecule has 2 atom stereocenters. The van der Waals surface area contributed by atoms with Crippen molar-refractivity contribution in [3.05, 3.63) is 60.0 Å². The fraction of sp³-hybridized carbons (Fsp3) is 0.250. The molecule has 0 saturated heterocycles. The van der Waals surface area contributed by atoms with E-state index < -0.39 is 18.2 Å². The maximum absolute atomic E-state index is 12.4. The number of aromatic nitrogens is 2. The van der Waals surface area contributed by atoms with Crippen LogP contribution in [0.1, 0.15) is 18.4 Å². The smallest absolute Gasteiger partial charge is 0.351 e. The lowest BCUT2D eigenvalue weighted by atomic mass is 10.1. The SMILES string of the molecule is Cc1ccccc1-c1noc(COC(=O)C2Oc3ccccc3OC2C)n1. The fourth-order valence-corrected chi connectivity index (χ4v) is 2.84. The van der Waals surface area contributed by atoms with Gasteiger partial charge in [0.1, 0.15) is 6.10 Å². The second-order valence-electron chi connectivity index (χ2n) is 6.24. The average molecular weight is 366 g/mol. The van der Waals surface area contributed by atoms with Crippen molar-refractivity contribution in [3.63, 3.8) is 0 Å². The van der Waals surface area contributed by atoms with Crippen LogP contribution in [0.2, 0.25) is 0 Å². The number of ether oxygens (including phenoxy) is 3. The predicted octanol–water partition coefficient (Wildman–Crippen LogP) is 3.32. The number of carbonyl (C=O) groups is 1. The molecule has 2 heterocycles. The molecule has 7 nitrogen and oxygen atoms in total. The zero-order chi connectivity index (χ0) is 18.8. The molecule has 0 fully saturated rings. The summed E-state index contributed by atoms with van der Waals surface area (Å²) in [7, 11) is 0. The van der Waals surface area contributed by atoms with Gasteiger partial charge in [0.25, 0.3) is 5.89 Å². The van der Waals surface area contributed by atoms with E-state index in [1.165, 1.54) is 0 Å². The van der Waals surface area contributed by atoms with Gasteiger partial charge in [-0.3, -0.25) is 0 Å². The van der Waals surface area contributed by atoms with E-state index in [0.29, 0.717) is 17.3 Å². The summed E-state index contributed by atoms with van der Waals surface area (Å²) in [5.41, 5.74) is 1.90. The van der Waals surface area contributed by atoms with Gasteiger partial charge in [-0.15, -0.1) is 0 Å². The Morgan fingerprint density at radius 1 is 1.07 bits per heavy atom. The molecule has 0 N–H and O–H groups in total. The molecular weight excluding hydrogens is 348 g/mol. The number of hydrogen-bond donors (Lipinski definition) is 0. The van der Waals surface area contributed by atoms with Gasteiger partial charge in [-0.25, -0.2) is 4.79 Å². The summed E-state index contributed by atoms with van der Waals surface area (Å²) in [4.78, 5) is 16.7. The second-order valence-corrected chi connectivity index (χ2v) is 6.24. The number of rotatable bonds is 4. The first kappa shape index (κ1) is 17.1. The quantitative estimate of drug-likeness (QED) is 0.655. The van der Waals surface area contributed by atoms with Crippen LogP contribution in [0.25, 0.3) is 11.4 Å². The normalized spacial score (nSPS) is 18.1. The molecule has 0 radical (unpaired) electrons. The van der Waals surface area contributed by atoms with Gasteiger partial charge in [-0.05, 0) is 31.5 Å². The third kappa shape index (κ3) is 3.48. The van der Waals surface area contributed by atoms with Crippen molar-refractivity contribution >= 4 is 5.97 Å². The Labute approximate surface area is 155 Å². The van der Waals surface area contributed by atoms with Gasteiger partial charge in [-0.2, -0.15) is 4.98 Å². The maximum atomic E-state index is 12.4. The molecule has 0 aliphatic carbocycles. The fourth-order valence-electron chi connectivity index (χ4n) is 2.84. The first-order chi connectivity index (χ1) is 13.1. The summed E-state index contributed by atoms with van der Waals surface area (Å²) in [6.45, 7) is 3.59. The Kier molecular flexibility index (Phi) is 4.50. The molecule has 27 heavy (non-hydrogen) atoms. The van der Waals surface area contributed by atoms with E-state index in [9.17, 15) is 4.79 Å². The van der Waals surface area contributed by atoms with Crippen molar-refractivity contribution in [2.75, 3.05) is 0 Å². The van der Waals surface area contributed by atoms with E-state index in [1.807, 2.05) is 43.3 Å². The Bertz CT molecular complexity index is 968. The Morgan fingerprint density at radius 3 is 2.56 bits per heavy atom. The minimum Gasteiger partial charge on any atom is -0.482 e. The highest BCUT2D eigenvalue weighted by Gasteiger charge is 2.35. The van der Waals surface area contributed by atoms with E-state index in [2.05, 4.69) is 10.1 Å². The number of nitrogens with zero attached hydrogens (tertiary/aromatic N) is 2. The highest BCUT2D eigenvalue weighted by atomic mass is 16.6. The zero-order valence-electron chi connectivity index (χ0n) is 14.9. The largest absolute Gasteiger partial charge is 0.482 e. The Balaban J connectivity index is 1.41. The lowest BCUT2D eigenvalue weighted by Gasteiger charge is -2.30. The summed E-state index contributed by atoms with van der Waals surface area (Å²) < 4.78 is 21.9. The minimum atomic E-state index is -0.862. The van der Waals surface area contributed by atoms with Crippen LogP contribution in [-0.4, -0.2) is 28.3 Å². The number of fused-ring (bicyclic) bond motifs is 1. The molecule has 4 rings (SSSR count). The first-order valence-electron chi connectivity index (χ1n) is 8.59. The molecule has 1 aliphatic rings. The van der Waals surface area contributed by atoms with Crippen LogP contribution in [0.4, 0.5) is 0 Å². The highest BCUT2D eigenvalue weighted by molar-refractivity contribution is 5.76. The summed E-state index contributed by atoms with van der Waals surface area (Å²) >= 11 is 0. The molecule has 0 spiro atoms. The molecule has 0 saturated carbocycles. The van der Waals surface area contributed by atoms with Crippen LogP contribution >= 0.6 is 0 Å². The molecule has 0 bridgehead atoms. The number of benzene rings is 2. The summed E-state index contributed by atoms with van der Waals surface area (Å²) in [6.07, 6.45) is -1.34. The van der Waals surface area contributed by atoms with E-state index in [-0.39, 0.29) is 12.5 Å². The van der Waals surface area contributed by atoms with Crippen LogP contribution < -0.4 is 9.47 Å². The number of hydrogen-bond acceptors (Lipinski definition) is 7. The van der Waals surface area contributed by atoms with Crippen molar-refractivity contribution in [3.8, 4) is 22.9 Å². The molecule has 0 amide bonds. The van der Waals surface area contributed by atoms with Gasteiger partial charge < -0.3 is 18.7 Å². The standard InChI is InChI=1S/C20H18N2O5/c1-12-7-3-4-8-14(12)19-21-17(27-22-19)11-24-20(23)18-13(2)25-15-9-5-6-10-16(15)26-18/h3-10,13,18H,11H2,1-2H3. The van der Waals surface area contributed by atoms with Gasteiger partial charge in [0.05, 0.1) is 0 Å². The van der Waals surface area contributed by atoms with Crippen LogP contribution in [0.5, 0.6) is 11.5 Å². The van der Waals surface area contributed by atoms with Crippen LogP contribution in [-0.2, 0) is 16.1 Å². The third-order valence-corrected chi connectivity index (χ3v) is 4.27. The van der Waals surface area contributed by atoms with Crippen LogP contribution in [0.3, 0.4) is 0 Å². The van der Waals surface area contributed by atoms with E-state index in [1.54, 1.807) is 19.1 Å². The molecular formula is C20H18N2O5. The van der Waals surface area contributed by atoms with Crippen molar-refractivity contribution in [2.24, 2.45) is 0 Å². The molecule has 3 aromatic rings. The summed E-state index contributed by atoms with van der Waals surface area (Å²) in [6, 6.07) is 14.9. The molecule has 1 aromatic heterocycles. The lowest BCUT2D eigenvalue weighted by molar-refractivity contribution is -0.159. The summed E-state index contributed by atoms with van der Waals surface area (Å²) in [5.74, 6) is 1.24. The van der Waals surface area contributed by atoms with E-state index in [0.717, 1.165) is 11.1 Å². The predicted molar refractivity (Wildman–Crippen MR) is 95.2 cm³/mol. The number of esters is 1.